The van der Waals surface area contributed by atoms with E-state index in [9.17, 15) is 4.79 Å². The molecule has 0 aliphatic heterocycles. The van der Waals surface area contributed by atoms with Crippen LogP contribution in [0, 0.1) is 12.3 Å². The van der Waals surface area contributed by atoms with E-state index in [2.05, 4.69) is 16.3 Å². The van der Waals surface area contributed by atoms with Gasteiger partial charge in [-0.05, 0) is 12.5 Å². The second-order valence-electron chi connectivity index (χ2n) is 4.31. The van der Waals surface area contributed by atoms with Crippen LogP contribution in [0.1, 0.15) is 18.5 Å². The van der Waals surface area contributed by atoms with E-state index in [0.717, 1.165) is 5.56 Å². The quantitative estimate of drug-likeness (QED) is 0.880. The second-order valence-corrected chi connectivity index (χ2v) is 4.72. The summed E-state index contributed by atoms with van der Waals surface area (Å²) in [5.41, 5.74) is 1.05. The van der Waals surface area contributed by atoms with Crippen molar-refractivity contribution in [3.05, 3.63) is 57.5 Å². The molecule has 102 valence electrons. The van der Waals surface area contributed by atoms with Gasteiger partial charge in [0.15, 0.2) is 0 Å². The molecule has 1 heterocycles. The van der Waals surface area contributed by atoms with E-state index in [4.69, 9.17) is 18.0 Å². The molecule has 0 amide bonds. The van der Waals surface area contributed by atoms with Crippen molar-refractivity contribution in [3.63, 3.8) is 0 Å². The Morgan fingerprint density at radius 3 is 2.80 bits per heavy atom. The van der Waals surface area contributed by atoms with Gasteiger partial charge in [-0.3, -0.25) is 4.79 Å². The van der Waals surface area contributed by atoms with Crippen molar-refractivity contribution in [1.82, 2.24) is 9.78 Å². The zero-order chi connectivity index (χ0) is 14.5. The summed E-state index contributed by atoms with van der Waals surface area (Å²) in [6.07, 6.45) is 6.62. The van der Waals surface area contributed by atoms with Crippen LogP contribution in [0.2, 0.25) is 5.02 Å². The first-order valence-electron chi connectivity index (χ1n) is 6.14. The molecule has 0 radical (unpaired) electrons. The van der Waals surface area contributed by atoms with Crippen molar-refractivity contribution in [2.75, 3.05) is 5.32 Å². The number of terminal acetylenes is 1. The van der Waals surface area contributed by atoms with Gasteiger partial charge in [0.1, 0.15) is 12.2 Å². The highest BCUT2D eigenvalue weighted by molar-refractivity contribution is 6.33. The van der Waals surface area contributed by atoms with Crippen LogP contribution in [0.15, 0.2) is 41.3 Å². The SMILES string of the molecule is C#CCn1ncc(Cl)c(NC(C)c2ccccc2)c1=O. The largest absolute Gasteiger partial charge is 0.373 e. The van der Waals surface area contributed by atoms with Crippen molar-refractivity contribution in [3.8, 4) is 12.3 Å². The lowest BCUT2D eigenvalue weighted by molar-refractivity contribution is 0.662. The van der Waals surface area contributed by atoms with Gasteiger partial charge in [-0.15, -0.1) is 6.42 Å². The third-order valence-corrected chi connectivity index (χ3v) is 3.19. The van der Waals surface area contributed by atoms with Crippen LogP contribution < -0.4 is 10.9 Å². The molecule has 20 heavy (non-hydrogen) atoms. The molecule has 0 bridgehead atoms. The highest BCUT2D eigenvalue weighted by Gasteiger charge is 2.13. The van der Waals surface area contributed by atoms with Crippen molar-refractivity contribution < 1.29 is 0 Å². The van der Waals surface area contributed by atoms with Crippen LogP contribution in [0.25, 0.3) is 0 Å². The third kappa shape index (κ3) is 3.01. The van der Waals surface area contributed by atoms with E-state index in [0.29, 0.717) is 5.69 Å². The summed E-state index contributed by atoms with van der Waals surface area (Å²) in [6.45, 7) is 2.07. The molecule has 1 N–H and O–H groups in total. The molecule has 0 saturated heterocycles. The maximum atomic E-state index is 12.2. The second kappa shape index (κ2) is 6.27. The Morgan fingerprint density at radius 1 is 1.45 bits per heavy atom. The van der Waals surface area contributed by atoms with Gasteiger partial charge in [0.2, 0.25) is 0 Å². The van der Waals surface area contributed by atoms with Gasteiger partial charge in [-0.2, -0.15) is 5.10 Å². The maximum absolute atomic E-state index is 12.2. The molecule has 5 heteroatoms. The number of halogens is 1. The van der Waals surface area contributed by atoms with E-state index in [-0.39, 0.29) is 23.2 Å². The number of hydrogen-bond acceptors (Lipinski definition) is 3. The monoisotopic (exact) mass is 287 g/mol. The van der Waals surface area contributed by atoms with Gasteiger partial charge in [-0.1, -0.05) is 47.9 Å². The van der Waals surface area contributed by atoms with Crippen LogP contribution >= 0.6 is 11.6 Å². The van der Waals surface area contributed by atoms with Crippen LogP contribution in [0.3, 0.4) is 0 Å². The molecule has 1 atom stereocenters. The summed E-state index contributed by atoms with van der Waals surface area (Å²) in [6, 6.07) is 9.73. The molecular formula is C15H14ClN3O. The fourth-order valence-corrected chi connectivity index (χ4v) is 2.02. The first-order valence-corrected chi connectivity index (χ1v) is 6.52. The van der Waals surface area contributed by atoms with E-state index in [1.165, 1.54) is 10.9 Å². The number of hydrogen-bond donors (Lipinski definition) is 1. The van der Waals surface area contributed by atoms with Crippen LogP contribution in [0.4, 0.5) is 5.69 Å². The lowest BCUT2D eigenvalue weighted by Gasteiger charge is -2.16. The standard InChI is InChI=1S/C15H14ClN3O/c1-3-9-19-15(20)14(13(16)10-17-19)18-11(2)12-7-5-4-6-8-12/h1,4-8,10-11,18H,9H2,2H3. The first-order chi connectivity index (χ1) is 9.63. The molecule has 1 aromatic carbocycles. The predicted molar refractivity (Wildman–Crippen MR) is 80.8 cm³/mol. The van der Waals surface area contributed by atoms with Crippen molar-refractivity contribution in [2.24, 2.45) is 0 Å². The third-order valence-electron chi connectivity index (χ3n) is 2.90. The molecule has 2 rings (SSSR count). The normalized spacial score (nSPS) is 11.7. The first kappa shape index (κ1) is 14.2. The van der Waals surface area contributed by atoms with Crippen molar-refractivity contribution in [2.45, 2.75) is 19.5 Å². The Balaban J connectivity index is 2.32. The highest BCUT2D eigenvalue weighted by Crippen LogP contribution is 2.21. The molecular weight excluding hydrogens is 274 g/mol. The Kier molecular flexibility index (Phi) is 4.44. The average molecular weight is 288 g/mol. The van der Waals surface area contributed by atoms with Gasteiger partial charge in [0.25, 0.3) is 5.56 Å². The minimum atomic E-state index is -0.321. The molecule has 1 unspecified atom stereocenters. The lowest BCUT2D eigenvalue weighted by atomic mass is 10.1. The molecule has 0 spiro atoms. The minimum absolute atomic E-state index is 0.0527. The van der Waals surface area contributed by atoms with Crippen LogP contribution in [0.5, 0.6) is 0 Å². The van der Waals surface area contributed by atoms with E-state index in [1.54, 1.807) is 0 Å². The lowest BCUT2D eigenvalue weighted by Crippen LogP contribution is -2.26. The number of rotatable bonds is 4. The number of aromatic nitrogens is 2. The minimum Gasteiger partial charge on any atom is -0.373 e. The van der Waals surface area contributed by atoms with Gasteiger partial charge in [0, 0.05) is 6.04 Å². The van der Waals surface area contributed by atoms with Gasteiger partial charge in [-0.25, -0.2) is 4.68 Å². The number of benzene rings is 1. The summed E-state index contributed by atoms with van der Waals surface area (Å²) in [5.74, 6) is 2.39. The van der Waals surface area contributed by atoms with Crippen LogP contribution in [-0.2, 0) is 6.54 Å². The van der Waals surface area contributed by atoms with Crippen molar-refractivity contribution >= 4 is 17.3 Å². The van der Waals surface area contributed by atoms with E-state index < -0.39 is 0 Å². The summed E-state index contributed by atoms with van der Waals surface area (Å²) >= 11 is 6.04. The summed E-state index contributed by atoms with van der Waals surface area (Å²) in [4.78, 5) is 12.2. The van der Waals surface area contributed by atoms with E-state index >= 15 is 0 Å². The highest BCUT2D eigenvalue weighted by atomic mass is 35.5. The van der Waals surface area contributed by atoms with Crippen molar-refractivity contribution in [1.29, 1.82) is 0 Å². The molecule has 0 aliphatic carbocycles. The topological polar surface area (TPSA) is 46.9 Å². The summed E-state index contributed by atoms with van der Waals surface area (Å²) in [7, 11) is 0. The predicted octanol–water partition coefficient (Wildman–Crippen LogP) is 2.70. The fourth-order valence-electron chi connectivity index (χ4n) is 1.84. The van der Waals surface area contributed by atoms with E-state index in [1.807, 2.05) is 37.3 Å². The molecule has 0 aliphatic rings. The molecule has 1 aromatic heterocycles. The zero-order valence-electron chi connectivity index (χ0n) is 11.0. The van der Waals surface area contributed by atoms with Gasteiger partial charge >= 0.3 is 0 Å². The smallest absolute Gasteiger partial charge is 0.292 e. The number of anilines is 1. The molecule has 0 fully saturated rings. The van der Waals surface area contributed by atoms with Gasteiger partial charge < -0.3 is 5.32 Å². The maximum Gasteiger partial charge on any atom is 0.292 e. The van der Waals surface area contributed by atoms with Gasteiger partial charge in [0.05, 0.1) is 11.2 Å². The Hall–Kier alpha value is -2.25. The zero-order valence-corrected chi connectivity index (χ0v) is 11.8. The van der Waals surface area contributed by atoms with Crippen LogP contribution in [-0.4, -0.2) is 9.78 Å². The summed E-state index contributed by atoms with van der Waals surface area (Å²) < 4.78 is 1.20. The molecule has 2 aromatic rings. The Bertz CT molecular complexity index is 689. The molecule has 0 saturated carbocycles. The average Bonchev–Trinajstić information content (AvgIpc) is 2.47. The number of nitrogens with zero attached hydrogens (tertiary/aromatic N) is 2. The Labute approximate surface area is 122 Å². The molecule has 4 nitrogen and oxygen atoms in total. The number of nitrogens with one attached hydrogen (secondary N) is 1. The fraction of sp³-hybridized carbons (Fsp3) is 0.200. The summed E-state index contributed by atoms with van der Waals surface area (Å²) in [5, 5.41) is 7.30. The Morgan fingerprint density at radius 2 is 2.15 bits per heavy atom.